The fraction of sp³-hybridized carbons (Fsp3) is 0.188. The SMILES string of the molecule is O=C(NCCn1nc(-n2cncn2)ccc1=O)NCc1ccc(F)cc1. The summed E-state index contributed by atoms with van der Waals surface area (Å²) >= 11 is 0. The van der Waals surface area contributed by atoms with E-state index in [4.69, 9.17) is 0 Å². The second-order valence-corrected chi connectivity index (χ2v) is 5.33. The smallest absolute Gasteiger partial charge is 0.315 e. The number of amides is 2. The highest BCUT2D eigenvalue weighted by Crippen LogP contribution is 2.01. The van der Waals surface area contributed by atoms with Crippen LogP contribution in [-0.4, -0.2) is 37.1 Å². The normalized spacial score (nSPS) is 10.5. The third kappa shape index (κ3) is 4.50. The molecule has 9 nitrogen and oxygen atoms in total. The molecule has 0 atom stereocenters. The van der Waals surface area contributed by atoms with E-state index >= 15 is 0 Å². The van der Waals surface area contributed by atoms with Crippen LogP contribution >= 0.6 is 0 Å². The summed E-state index contributed by atoms with van der Waals surface area (Å²) in [6, 6.07) is 8.36. The van der Waals surface area contributed by atoms with Gasteiger partial charge in [0, 0.05) is 19.2 Å². The summed E-state index contributed by atoms with van der Waals surface area (Å²) in [6.07, 6.45) is 2.84. The highest BCUT2D eigenvalue weighted by atomic mass is 19.1. The third-order valence-electron chi connectivity index (χ3n) is 3.48. The molecule has 0 unspecified atom stereocenters. The van der Waals surface area contributed by atoms with Crippen LogP contribution in [0.1, 0.15) is 5.56 Å². The van der Waals surface area contributed by atoms with Gasteiger partial charge in [-0.15, -0.1) is 5.10 Å². The van der Waals surface area contributed by atoms with Gasteiger partial charge in [-0.05, 0) is 23.8 Å². The quantitative estimate of drug-likeness (QED) is 0.667. The van der Waals surface area contributed by atoms with E-state index in [1.807, 2.05) is 0 Å². The molecule has 134 valence electrons. The second-order valence-electron chi connectivity index (χ2n) is 5.33. The number of carbonyl (C=O) groups is 1. The number of nitrogens with zero attached hydrogens (tertiary/aromatic N) is 5. The molecule has 3 rings (SSSR count). The maximum atomic E-state index is 12.8. The van der Waals surface area contributed by atoms with E-state index in [1.54, 1.807) is 12.1 Å². The maximum absolute atomic E-state index is 12.8. The molecular weight excluding hydrogens is 341 g/mol. The molecule has 0 aliphatic carbocycles. The molecule has 0 saturated heterocycles. The zero-order valence-electron chi connectivity index (χ0n) is 13.7. The predicted molar refractivity (Wildman–Crippen MR) is 90.1 cm³/mol. The number of carbonyl (C=O) groups excluding carboxylic acids is 1. The number of hydrogen-bond donors (Lipinski definition) is 2. The lowest BCUT2D eigenvalue weighted by molar-refractivity contribution is 0.240. The van der Waals surface area contributed by atoms with Gasteiger partial charge in [0.2, 0.25) is 0 Å². The molecule has 2 amide bonds. The standard InChI is InChI=1S/C16H16FN7O2/c17-13-3-1-12(2-4-13)9-20-16(26)19-7-8-23-15(25)6-5-14(22-23)24-11-18-10-21-24/h1-6,10-11H,7-9H2,(H2,19,20,26). The Balaban J connectivity index is 1.49. The van der Waals surface area contributed by atoms with Crippen molar-refractivity contribution in [2.24, 2.45) is 0 Å². The third-order valence-corrected chi connectivity index (χ3v) is 3.48. The Hall–Kier alpha value is -3.56. The number of benzene rings is 1. The van der Waals surface area contributed by atoms with Crippen molar-refractivity contribution in [2.75, 3.05) is 6.54 Å². The minimum Gasteiger partial charge on any atom is -0.336 e. The lowest BCUT2D eigenvalue weighted by Gasteiger charge is -2.09. The average molecular weight is 357 g/mol. The van der Waals surface area contributed by atoms with Gasteiger partial charge in [-0.3, -0.25) is 4.79 Å². The number of nitrogens with one attached hydrogen (secondary N) is 2. The van der Waals surface area contributed by atoms with Gasteiger partial charge in [0.1, 0.15) is 18.5 Å². The van der Waals surface area contributed by atoms with Gasteiger partial charge >= 0.3 is 6.03 Å². The van der Waals surface area contributed by atoms with Crippen LogP contribution in [0.4, 0.5) is 9.18 Å². The summed E-state index contributed by atoms with van der Waals surface area (Å²) in [5.74, 6) is 0.118. The molecule has 2 aromatic heterocycles. The molecule has 0 bridgehead atoms. The molecule has 1 aromatic carbocycles. The van der Waals surface area contributed by atoms with Crippen molar-refractivity contribution in [1.29, 1.82) is 0 Å². The van der Waals surface area contributed by atoms with Crippen molar-refractivity contribution in [1.82, 2.24) is 35.2 Å². The number of rotatable bonds is 6. The molecule has 26 heavy (non-hydrogen) atoms. The summed E-state index contributed by atoms with van der Waals surface area (Å²) in [7, 11) is 0. The molecule has 0 aliphatic heterocycles. The monoisotopic (exact) mass is 357 g/mol. The van der Waals surface area contributed by atoms with Crippen molar-refractivity contribution in [2.45, 2.75) is 13.1 Å². The van der Waals surface area contributed by atoms with Crippen LogP contribution in [0.25, 0.3) is 5.82 Å². The van der Waals surface area contributed by atoms with Gasteiger partial charge in [-0.2, -0.15) is 5.10 Å². The summed E-state index contributed by atoms with van der Waals surface area (Å²) in [4.78, 5) is 27.5. The number of halogens is 1. The molecule has 10 heteroatoms. The van der Waals surface area contributed by atoms with E-state index in [2.05, 4.69) is 25.8 Å². The summed E-state index contributed by atoms with van der Waals surface area (Å²) in [5, 5.41) is 13.4. The zero-order valence-corrected chi connectivity index (χ0v) is 13.7. The van der Waals surface area contributed by atoms with Crippen molar-refractivity contribution in [3.05, 3.63) is 70.8 Å². The van der Waals surface area contributed by atoms with E-state index < -0.39 is 6.03 Å². The first-order chi connectivity index (χ1) is 12.6. The van der Waals surface area contributed by atoms with Crippen molar-refractivity contribution in [3.63, 3.8) is 0 Å². The first-order valence-electron chi connectivity index (χ1n) is 7.81. The van der Waals surface area contributed by atoms with E-state index in [0.717, 1.165) is 5.56 Å². The van der Waals surface area contributed by atoms with Crippen LogP contribution < -0.4 is 16.2 Å². The van der Waals surface area contributed by atoms with Gasteiger partial charge in [0.15, 0.2) is 5.82 Å². The minimum absolute atomic E-state index is 0.200. The lowest BCUT2D eigenvalue weighted by Crippen LogP contribution is -2.38. The first-order valence-corrected chi connectivity index (χ1v) is 7.81. The van der Waals surface area contributed by atoms with Crippen LogP contribution in [0.2, 0.25) is 0 Å². The Morgan fingerprint density at radius 1 is 1.12 bits per heavy atom. The van der Waals surface area contributed by atoms with Gasteiger partial charge < -0.3 is 10.6 Å². The predicted octanol–water partition coefficient (Wildman–Crippen LogP) is 0.462. The van der Waals surface area contributed by atoms with E-state index in [1.165, 1.54) is 46.3 Å². The fourth-order valence-electron chi connectivity index (χ4n) is 2.17. The molecule has 0 saturated carbocycles. The Morgan fingerprint density at radius 3 is 2.65 bits per heavy atom. The topological polar surface area (TPSA) is 107 Å². The van der Waals surface area contributed by atoms with Crippen LogP contribution in [0.15, 0.2) is 53.8 Å². The number of hydrogen-bond acceptors (Lipinski definition) is 5. The van der Waals surface area contributed by atoms with E-state index in [0.29, 0.717) is 5.82 Å². The Bertz CT molecular complexity index is 923. The van der Waals surface area contributed by atoms with Gasteiger partial charge in [0.25, 0.3) is 5.56 Å². The molecule has 0 radical (unpaired) electrons. The van der Waals surface area contributed by atoms with Crippen molar-refractivity contribution in [3.8, 4) is 5.82 Å². The largest absolute Gasteiger partial charge is 0.336 e. The number of urea groups is 1. The maximum Gasteiger partial charge on any atom is 0.315 e. The van der Waals surface area contributed by atoms with Crippen molar-refractivity contribution >= 4 is 6.03 Å². The summed E-state index contributed by atoms with van der Waals surface area (Å²) < 4.78 is 15.5. The molecule has 0 aliphatic rings. The Labute approximate surface area is 147 Å². The fourth-order valence-corrected chi connectivity index (χ4v) is 2.17. The summed E-state index contributed by atoms with van der Waals surface area (Å²) in [5.41, 5.74) is 0.488. The molecule has 2 heterocycles. The first kappa shape index (κ1) is 17.3. The van der Waals surface area contributed by atoms with E-state index in [9.17, 15) is 14.0 Å². The van der Waals surface area contributed by atoms with E-state index in [-0.39, 0.29) is 31.0 Å². The molecule has 2 N–H and O–H groups in total. The van der Waals surface area contributed by atoms with Gasteiger partial charge in [-0.1, -0.05) is 12.1 Å². The Morgan fingerprint density at radius 2 is 1.92 bits per heavy atom. The van der Waals surface area contributed by atoms with Gasteiger partial charge in [-0.25, -0.2) is 23.5 Å². The number of aromatic nitrogens is 5. The second kappa shape index (κ2) is 8.01. The van der Waals surface area contributed by atoms with Crippen molar-refractivity contribution < 1.29 is 9.18 Å². The minimum atomic E-state index is -0.394. The molecular formula is C16H16FN7O2. The average Bonchev–Trinajstić information content (AvgIpc) is 3.17. The highest BCUT2D eigenvalue weighted by molar-refractivity contribution is 5.73. The lowest BCUT2D eigenvalue weighted by atomic mass is 10.2. The van der Waals surface area contributed by atoms with Crippen LogP contribution in [0.5, 0.6) is 0 Å². The van der Waals surface area contributed by atoms with Crippen LogP contribution in [0.3, 0.4) is 0 Å². The molecule has 0 fully saturated rings. The summed E-state index contributed by atoms with van der Waals surface area (Å²) in [6.45, 7) is 0.681. The zero-order chi connectivity index (χ0) is 18.4. The van der Waals surface area contributed by atoms with Crippen LogP contribution in [-0.2, 0) is 13.1 Å². The molecule has 3 aromatic rings. The highest BCUT2D eigenvalue weighted by Gasteiger charge is 2.05. The molecule has 0 spiro atoms. The van der Waals surface area contributed by atoms with Gasteiger partial charge in [0.05, 0.1) is 6.54 Å². The van der Waals surface area contributed by atoms with Crippen LogP contribution in [0, 0.1) is 5.82 Å². The Kier molecular flexibility index (Phi) is 5.32.